The van der Waals surface area contributed by atoms with Gasteiger partial charge in [-0.05, 0) is 48.2 Å². The Hall–Kier alpha value is -2.20. The summed E-state index contributed by atoms with van der Waals surface area (Å²) < 4.78 is 12.9. The molecule has 0 aromatic heterocycles. The second-order valence-corrected chi connectivity index (χ2v) is 5.86. The van der Waals surface area contributed by atoms with E-state index < -0.39 is 5.60 Å². The summed E-state index contributed by atoms with van der Waals surface area (Å²) in [6.45, 7) is 0.192. The van der Waals surface area contributed by atoms with Crippen molar-refractivity contribution in [2.75, 3.05) is 6.54 Å². The number of aliphatic hydroxyl groups is 1. The molecule has 0 spiro atoms. The van der Waals surface area contributed by atoms with E-state index in [0.29, 0.717) is 18.4 Å². The first-order valence-electron chi connectivity index (χ1n) is 7.39. The van der Waals surface area contributed by atoms with Crippen LogP contribution < -0.4 is 5.32 Å². The second-order valence-electron chi connectivity index (χ2n) is 5.86. The van der Waals surface area contributed by atoms with Gasteiger partial charge in [-0.3, -0.25) is 4.79 Å². The highest BCUT2D eigenvalue weighted by Gasteiger charge is 2.32. The molecule has 0 fully saturated rings. The molecule has 2 aromatic carbocycles. The molecule has 22 heavy (non-hydrogen) atoms. The van der Waals surface area contributed by atoms with Gasteiger partial charge in [0.2, 0.25) is 0 Å². The summed E-state index contributed by atoms with van der Waals surface area (Å²) in [5.41, 5.74) is 1.86. The molecule has 0 bridgehead atoms. The Labute approximate surface area is 128 Å². The fraction of sp³-hybridized carbons (Fsp3) is 0.278. The van der Waals surface area contributed by atoms with Gasteiger partial charge in [0.25, 0.3) is 5.91 Å². The van der Waals surface area contributed by atoms with Crippen LogP contribution in [0.5, 0.6) is 0 Å². The van der Waals surface area contributed by atoms with Crippen LogP contribution in [0.25, 0.3) is 0 Å². The zero-order valence-corrected chi connectivity index (χ0v) is 12.2. The molecule has 1 amide bonds. The summed E-state index contributed by atoms with van der Waals surface area (Å²) in [5, 5.41) is 13.4. The van der Waals surface area contributed by atoms with Gasteiger partial charge in [-0.1, -0.05) is 24.3 Å². The van der Waals surface area contributed by atoms with Crippen LogP contribution in [-0.2, 0) is 12.8 Å². The van der Waals surface area contributed by atoms with E-state index in [0.717, 1.165) is 12.0 Å². The van der Waals surface area contributed by atoms with E-state index in [9.17, 15) is 14.3 Å². The minimum atomic E-state index is -0.927. The van der Waals surface area contributed by atoms with Gasteiger partial charge in [-0.25, -0.2) is 4.39 Å². The van der Waals surface area contributed by atoms with Crippen molar-refractivity contribution < 1.29 is 14.3 Å². The summed E-state index contributed by atoms with van der Waals surface area (Å²) in [6.07, 6.45) is 1.96. The van der Waals surface area contributed by atoms with Crippen LogP contribution in [-0.4, -0.2) is 23.2 Å². The molecule has 1 unspecified atom stereocenters. The normalized spacial score (nSPS) is 20.3. The lowest BCUT2D eigenvalue weighted by molar-refractivity contribution is 0.0260. The molecule has 0 saturated heterocycles. The first-order valence-corrected chi connectivity index (χ1v) is 7.39. The molecular weight excluding hydrogens is 281 g/mol. The predicted octanol–water partition coefficient (Wildman–Crippen LogP) is 2.48. The molecular formula is C18H18FNO2. The standard InChI is InChI=1S/C18H18FNO2/c19-16-7-5-14(6-8-16)17(21)20-12-18(22)10-9-13-3-1-2-4-15(13)11-18/h1-8,22H,9-12H2,(H,20,21). The van der Waals surface area contributed by atoms with Crippen molar-refractivity contribution in [2.45, 2.75) is 24.9 Å². The van der Waals surface area contributed by atoms with Gasteiger partial charge in [0.15, 0.2) is 0 Å². The van der Waals surface area contributed by atoms with E-state index >= 15 is 0 Å². The molecule has 2 N–H and O–H groups in total. The lowest BCUT2D eigenvalue weighted by atomic mass is 9.80. The molecule has 114 valence electrons. The summed E-state index contributed by atoms with van der Waals surface area (Å²) in [7, 11) is 0. The van der Waals surface area contributed by atoms with Crippen molar-refractivity contribution in [3.63, 3.8) is 0 Å². The first kappa shape index (κ1) is 14.7. The number of hydrogen-bond acceptors (Lipinski definition) is 2. The quantitative estimate of drug-likeness (QED) is 0.915. The molecule has 1 aliphatic carbocycles. The summed E-state index contributed by atoms with van der Waals surface area (Å²) in [5.74, 6) is -0.675. The van der Waals surface area contributed by atoms with Crippen molar-refractivity contribution in [2.24, 2.45) is 0 Å². The van der Waals surface area contributed by atoms with E-state index in [1.54, 1.807) is 0 Å². The average molecular weight is 299 g/mol. The van der Waals surface area contributed by atoms with Crippen molar-refractivity contribution in [3.8, 4) is 0 Å². The molecule has 0 aliphatic heterocycles. The number of aryl methyl sites for hydroxylation is 1. The minimum Gasteiger partial charge on any atom is -0.388 e. The highest BCUT2D eigenvalue weighted by atomic mass is 19.1. The number of halogens is 1. The summed E-state index contributed by atoms with van der Waals surface area (Å²) in [4.78, 5) is 12.0. The third kappa shape index (κ3) is 3.17. The van der Waals surface area contributed by atoms with E-state index in [1.165, 1.54) is 29.8 Å². The number of carbonyl (C=O) groups excluding carboxylic acids is 1. The SMILES string of the molecule is O=C(NCC1(O)CCc2ccccc2C1)c1ccc(F)cc1. The van der Waals surface area contributed by atoms with Crippen molar-refractivity contribution >= 4 is 5.91 Å². The number of fused-ring (bicyclic) bond motifs is 1. The first-order chi connectivity index (χ1) is 10.6. The van der Waals surface area contributed by atoms with Crippen molar-refractivity contribution in [3.05, 3.63) is 71.0 Å². The van der Waals surface area contributed by atoms with Crippen molar-refractivity contribution in [1.29, 1.82) is 0 Å². The van der Waals surface area contributed by atoms with Crippen LogP contribution in [0.2, 0.25) is 0 Å². The zero-order chi connectivity index (χ0) is 15.6. The number of nitrogens with one attached hydrogen (secondary N) is 1. The monoisotopic (exact) mass is 299 g/mol. The van der Waals surface area contributed by atoms with E-state index in [1.807, 2.05) is 18.2 Å². The Bertz CT molecular complexity index is 684. The molecule has 1 aliphatic rings. The Morgan fingerprint density at radius 1 is 1.14 bits per heavy atom. The fourth-order valence-electron chi connectivity index (χ4n) is 2.88. The number of amides is 1. The van der Waals surface area contributed by atoms with Crippen LogP contribution in [0.3, 0.4) is 0 Å². The van der Waals surface area contributed by atoms with Gasteiger partial charge in [0.05, 0.1) is 5.60 Å². The number of hydrogen-bond donors (Lipinski definition) is 2. The summed E-state index contributed by atoms with van der Waals surface area (Å²) in [6, 6.07) is 13.4. The Balaban J connectivity index is 1.64. The fourth-order valence-corrected chi connectivity index (χ4v) is 2.88. The zero-order valence-electron chi connectivity index (χ0n) is 12.2. The van der Waals surface area contributed by atoms with Crippen LogP contribution in [0, 0.1) is 5.82 Å². The second kappa shape index (κ2) is 5.89. The topological polar surface area (TPSA) is 49.3 Å². The lowest BCUT2D eigenvalue weighted by Crippen LogP contribution is -2.46. The maximum atomic E-state index is 12.9. The van der Waals surface area contributed by atoms with Gasteiger partial charge in [0.1, 0.15) is 5.82 Å². The Kier molecular flexibility index (Phi) is 3.94. The van der Waals surface area contributed by atoms with Crippen LogP contribution in [0.15, 0.2) is 48.5 Å². The van der Waals surface area contributed by atoms with Gasteiger partial charge in [0, 0.05) is 18.5 Å². The Morgan fingerprint density at radius 3 is 2.55 bits per heavy atom. The molecule has 0 radical (unpaired) electrons. The van der Waals surface area contributed by atoms with Crippen LogP contribution in [0.1, 0.15) is 27.9 Å². The molecule has 3 nitrogen and oxygen atoms in total. The number of rotatable bonds is 3. The lowest BCUT2D eigenvalue weighted by Gasteiger charge is -2.33. The van der Waals surface area contributed by atoms with Crippen LogP contribution in [0.4, 0.5) is 4.39 Å². The predicted molar refractivity (Wildman–Crippen MR) is 82.2 cm³/mol. The molecule has 1 atom stereocenters. The third-order valence-corrected chi connectivity index (χ3v) is 4.18. The third-order valence-electron chi connectivity index (χ3n) is 4.18. The van der Waals surface area contributed by atoms with E-state index in [2.05, 4.69) is 11.4 Å². The minimum absolute atomic E-state index is 0.192. The summed E-state index contributed by atoms with van der Waals surface area (Å²) >= 11 is 0. The van der Waals surface area contributed by atoms with E-state index in [4.69, 9.17) is 0 Å². The number of benzene rings is 2. The average Bonchev–Trinajstić information content (AvgIpc) is 2.53. The smallest absolute Gasteiger partial charge is 0.251 e. The molecule has 0 heterocycles. The maximum absolute atomic E-state index is 12.9. The highest BCUT2D eigenvalue weighted by molar-refractivity contribution is 5.94. The van der Waals surface area contributed by atoms with Crippen LogP contribution >= 0.6 is 0 Å². The molecule has 2 aromatic rings. The Morgan fingerprint density at radius 2 is 1.82 bits per heavy atom. The van der Waals surface area contributed by atoms with Gasteiger partial charge in [-0.2, -0.15) is 0 Å². The number of carbonyl (C=O) groups is 1. The van der Waals surface area contributed by atoms with Gasteiger partial charge < -0.3 is 10.4 Å². The van der Waals surface area contributed by atoms with Gasteiger partial charge >= 0.3 is 0 Å². The largest absolute Gasteiger partial charge is 0.388 e. The van der Waals surface area contributed by atoms with E-state index in [-0.39, 0.29) is 18.3 Å². The van der Waals surface area contributed by atoms with Crippen molar-refractivity contribution in [1.82, 2.24) is 5.32 Å². The highest BCUT2D eigenvalue weighted by Crippen LogP contribution is 2.28. The molecule has 4 heteroatoms. The van der Waals surface area contributed by atoms with Gasteiger partial charge in [-0.15, -0.1) is 0 Å². The molecule has 0 saturated carbocycles. The maximum Gasteiger partial charge on any atom is 0.251 e. The molecule has 3 rings (SSSR count).